The molecule has 26 heavy (non-hydrogen) atoms. The second-order valence-electron chi connectivity index (χ2n) is 6.31. The first kappa shape index (κ1) is 16.6. The van der Waals surface area contributed by atoms with Gasteiger partial charge in [0.05, 0.1) is 0 Å². The molecule has 0 saturated carbocycles. The zero-order valence-electron chi connectivity index (χ0n) is 14.2. The third kappa shape index (κ3) is 3.55. The number of carbonyl (C=O) groups is 1. The Kier molecular flexibility index (Phi) is 4.59. The SMILES string of the molecule is O=C(Nc1cccc(Cl)c1)c1ccnc(N2CCc3ccccc3C2)c1. The molecule has 2 heterocycles. The summed E-state index contributed by atoms with van der Waals surface area (Å²) in [5, 5.41) is 3.46. The summed E-state index contributed by atoms with van der Waals surface area (Å²) in [5.41, 5.74) is 3.95. The average molecular weight is 364 g/mol. The van der Waals surface area contributed by atoms with Crippen molar-refractivity contribution in [3.63, 3.8) is 0 Å². The van der Waals surface area contributed by atoms with Crippen LogP contribution in [0.1, 0.15) is 21.5 Å². The number of hydrogen-bond donors (Lipinski definition) is 1. The van der Waals surface area contributed by atoms with Gasteiger partial charge in [-0.2, -0.15) is 0 Å². The van der Waals surface area contributed by atoms with Crippen molar-refractivity contribution in [1.82, 2.24) is 4.98 Å². The molecule has 1 N–H and O–H groups in total. The van der Waals surface area contributed by atoms with Crippen LogP contribution >= 0.6 is 11.6 Å². The Balaban J connectivity index is 1.53. The lowest BCUT2D eigenvalue weighted by atomic mass is 10.00. The monoisotopic (exact) mass is 363 g/mol. The van der Waals surface area contributed by atoms with E-state index >= 15 is 0 Å². The minimum Gasteiger partial charge on any atom is -0.352 e. The zero-order valence-corrected chi connectivity index (χ0v) is 14.9. The Morgan fingerprint density at radius 2 is 1.88 bits per heavy atom. The fraction of sp³-hybridized carbons (Fsp3) is 0.143. The Hall–Kier alpha value is -2.85. The molecule has 0 aliphatic carbocycles. The summed E-state index contributed by atoms with van der Waals surface area (Å²) in [6.45, 7) is 1.70. The maximum atomic E-state index is 12.6. The number of nitrogens with one attached hydrogen (secondary N) is 1. The van der Waals surface area contributed by atoms with Crippen LogP contribution in [-0.2, 0) is 13.0 Å². The molecule has 0 bridgehead atoms. The molecular formula is C21H18ClN3O. The number of carbonyl (C=O) groups excluding carboxylic acids is 1. The van der Waals surface area contributed by atoms with Gasteiger partial charge in [0.15, 0.2) is 0 Å². The van der Waals surface area contributed by atoms with Crippen LogP contribution in [0.3, 0.4) is 0 Å². The highest BCUT2D eigenvalue weighted by Gasteiger charge is 2.18. The number of fused-ring (bicyclic) bond motifs is 1. The summed E-state index contributed by atoms with van der Waals surface area (Å²) in [6, 6.07) is 19.1. The second-order valence-corrected chi connectivity index (χ2v) is 6.74. The number of amides is 1. The van der Waals surface area contributed by atoms with E-state index in [1.807, 2.05) is 12.1 Å². The first-order valence-electron chi connectivity index (χ1n) is 8.54. The summed E-state index contributed by atoms with van der Waals surface area (Å²) in [5.74, 6) is 0.645. The fourth-order valence-electron chi connectivity index (χ4n) is 3.19. The number of pyridine rings is 1. The Labute approximate surface area is 157 Å². The van der Waals surface area contributed by atoms with Gasteiger partial charge in [-0.1, -0.05) is 41.9 Å². The molecule has 0 unspecified atom stereocenters. The molecule has 130 valence electrons. The van der Waals surface area contributed by atoms with Gasteiger partial charge < -0.3 is 10.2 Å². The van der Waals surface area contributed by atoms with Crippen LogP contribution in [0.4, 0.5) is 11.5 Å². The van der Waals surface area contributed by atoms with Crippen molar-refractivity contribution in [1.29, 1.82) is 0 Å². The van der Waals surface area contributed by atoms with Crippen LogP contribution in [0.5, 0.6) is 0 Å². The molecule has 0 saturated heterocycles. The van der Waals surface area contributed by atoms with Crippen molar-refractivity contribution < 1.29 is 4.79 Å². The third-order valence-corrected chi connectivity index (χ3v) is 4.78. The minimum atomic E-state index is -0.173. The van der Waals surface area contributed by atoms with E-state index < -0.39 is 0 Å². The third-order valence-electron chi connectivity index (χ3n) is 4.54. The van der Waals surface area contributed by atoms with E-state index in [2.05, 4.69) is 39.5 Å². The van der Waals surface area contributed by atoms with Gasteiger partial charge in [-0.05, 0) is 47.9 Å². The molecular weight excluding hydrogens is 346 g/mol. The molecule has 1 aromatic heterocycles. The van der Waals surface area contributed by atoms with Crippen molar-refractivity contribution in [2.24, 2.45) is 0 Å². The van der Waals surface area contributed by atoms with Crippen LogP contribution < -0.4 is 10.2 Å². The summed E-state index contributed by atoms with van der Waals surface area (Å²) >= 11 is 5.97. The van der Waals surface area contributed by atoms with Gasteiger partial charge in [-0.3, -0.25) is 4.79 Å². The van der Waals surface area contributed by atoms with Crippen LogP contribution in [0, 0.1) is 0 Å². The predicted octanol–water partition coefficient (Wildman–Crippen LogP) is 4.55. The molecule has 4 rings (SSSR count). The van der Waals surface area contributed by atoms with E-state index in [-0.39, 0.29) is 5.91 Å². The van der Waals surface area contributed by atoms with Gasteiger partial charge in [0.1, 0.15) is 5.82 Å². The molecule has 0 radical (unpaired) electrons. The summed E-state index contributed by atoms with van der Waals surface area (Å²) < 4.78 is 0. The maximum Gasteiger partial charge on any atom is 0.255 e. The van der Waals surface area contributed by atoms with E-state index in [1.165, 1.54) is 11.1 Å². The molecule has 0 fully saturated rings. The van der Waals surface area contributed by atoms with Crippen LogP contribution in [0.15, 0.2) is 66.9 Å². The highest BCUT2D eigenvalue weighted by molar-refractivity contribution is 6.30. The number of rotatable bonds is 3. The van der Waals surface area contributed by atoms with E-state index in [9.17, 15) is 4.79 Å². The highest BCUT2D eigenvalue weighted by atomic mass is 35.5. The molecule has 0 atom stereocenters. The summed E-state index contributed by atoms with van der Waals surface area (Å²) in [4.78, 5) is 19.2. The lowest BCUT2D eigenvalue weighted by Crippen LogP contribution is -2.31. The van der Waals surface area contributed by atoms with Crippen molar-refractivity contribution in [3.8, 4) is 0 Å². The number of benzene rings is 2. The van der Waals surface area contributed by atoms with Gasteiger partial charge in [0, 0.05) is 35.6 Å². The largest absolute Gasteiger partial charge is 0.352 e. The topological polar surface area (TPSA) is 45.2 Å². The van der Waals surface area contributed by atoms with Crippen molar-refractivity contribution in [2.75, 3.05) is 16.8 Å². The number of halogens is 1. The number of aromatic nitrogens is 1. The minimum absolute atomic E-state index is 0.173. The molecule has 1 amide bonds. The van der Waals surface area contributed by atoms with Gasteiger partial charge in [-0.25, -0.2) is 4.98 Å². The first-order valence-corrected chi connectivity index (χ1v) is 8.91. The maximum absolute atomic E-state index is 12.6. The second kappa shape index (κ2) is 7.18. The van der Waals surface area contributed by atoms with Crippen molar-refractivity contribution in [2.45, 2.75) is 13.0 Å². The van der Waals surface area contributed by atoms with E-state index in [0.717, 1.165) is 25.3 Å². The highest BCUT2D eigenvalue weighted by Crippen LogP contribution is 2.24. The van der Waals surface area contributed by atoms with E-state index in [0.29, 0.717) is 16.3 Å². The molecule has 0 spiro atoms. The summed E-state index contributed by atoms with van der Waals surface area (Å²) in [6.07, 6.45) is 2.67. The van der Waals surface area contributed by atoms with Gasteiger partial charge in [0.2, 0.25) is 0 Å². The van der Waals surface area contributed by atoms with Gasteiger partial charge in [-0.15, -0.1) is 0 Å². The Morgan fingerprint density at radius 3 is 2.73 bits per heavy atom. The molecule has 5 heteroatoms. The molecule has 1 aliphatic heterocycles. The molecule has 1 aliphatic rings. The summed E-state index contributed by atoms with van der Waals surface area (Å²) in [7, 11) is 0. The van der Waals surface area contributed by atoms with E-state index in [1.54, 1.807) is 30.5 Å². The van der Waals surface area contributed by atoms with Crippen LogP contribution in [0.2, 0.25) is 5.02 Å². The van der Waals surface area contributed by atoms with Crippen LogP contribution in [0.25, 0.3) is 0 Å². The van der Waals surface area contributed by atoms with Crippen molar-refractivity contribution in [3.05, 3.63) is 88.6 Å². The lowest BCUT2D eigenvalue weighted by molar-refractivity contribution is 0.102. The quantitative estimate of drug-likeness (QED) is 0.742. The number of anilines is 2. The van der Waals surface area contributed by atoms with Crippen molar-refractivity contribution >= 4 is 29.0 Å². The predicted molar refractivity (Wildman–Crippen MR) is 105 cm³/mol. The molecule has 2 aromatic carbocycles. The van der Waals surface area contributed by atoms with Crippen LogP contribution in [-0.4, -0.2) is 17.4 Å². The Morgan fingerprint density at radius 1 is 1.04 bits per heavy atom. The normalized spacial score (nSPS) is 13.2. The fourth-order valence-corrected chi connectivity index (χ4v) is 3.38. The lowest BCUT2D eigenvalue weighted by Gasteiger charge is -2.29. The first-order chi connectivity index (χ1) is 12.7. The number of hydrogen-bond acceptors (Lipinski definition) is 3. The van der Waals surface area contributed by atoms with E-state index in [4.69, 9.17) is 11.6 Å². The number of nitrogens with zero attached hydrogens (tertiary/aromatic N) is 2. The smallest absolute Gasteiger partial charge is 0.255 e. The Bertz CT molecular complexity index is 957. The standard InChI is InChI=1S/C21H18ClN3O/c22-18-6-3-7-19(13-18)24-21(26)16-8-10-23-20(12-16)25-11-9-15-4-1-2-5-17(15)14-25/h1-8,10,12-13H,9,11,14H2,(H,24,26). The zero-order chi connectivity index (χ0) is 17.9. The van der Waals surface area contributed by atoms with Gasteiger partial charge in [0.25, 0.3) is 5.91 Å². The molecule has 4 nitrogen and oxygen atoms in total. The average Bonchev–Trinajstić information content (AvgIpc) is 2.68. The van der Waals surface area contributed by atoms with Gasteiger partial charge >= 0.3 is 0 Å². The molecule has 3 aromatic rings.